The monoisotopic (exact) mass is 335 g/mol. The van der Waals surface area contributed by atoms with Crippen molar-refractivity contribution >= 4 is 17.5 Å². The van der Waals surface area contributed by atoms with Crippen LogP contribution in [-0.4, -0.2) is 46.4 Å². The Morgan fingerprint density at radius 1 is 1.35 bits per heavy atom. The molecule has 0 N–H and O–H groups in total. The normalized spacial score (nSPS) is 23.4. The minimum absolute atomic E-state index is 0.296. The first-order chi connectivity index (χ1) is 11.0. The van der Waals surface area contributed by atoms with E-state index in [1.165, 1.54) is 12.8 Å². The van der Waals surface area contributed by atoms with Crippen LogP contribution in [0, 0.1) is 11.8 Å². The van der Waals surface area contributed by atoms with Crippen LogP contribution in [0.3, 0.4) is 0 Å². The van der Waals surface area contributed by atoms with Gasteiger partial charge in [-0.05, 0) is 36.8 Å². The average Bonchev–Trinajstić information content (AvgIpc) is 3.32. The third kappa shape index (κ3) is 4.45. The van der Waals surface area contributed by atoms with Gasteiger partial charge in [0, 0.05) is 38.6 Å². The maximum absolute atomic E-state index is 12.6. The number of hydrogen-bond acceptors (Lipinski definition) is 3. The molecule has 1 saturated carbocycles. The van der Waals surface area contributed by atoms with Crippen molar-refractivity contribution < 1.29 is 4.79 Å². The summed E-state index contributed by atoms with van der Waals surface area (Å²) in [6, 6.07) is 6.04. The molecule has 0 unspecified atom stereocenters. The zero-order chi connectivity index (χ0) is 16.4. The minimum Gasteiger partial charge on any atom is -0.338 e. The zero-order valence-electron chi connectivity index (χ0n) is 14.0. The number of amides is 1. The van der Waals surface area contributed by atoms with Crippen LogP contribution >= 0.6 is 11.6 Å². The van der Waals surface area contributed by atoms with E-state index in [1.54, 1.807) is 6.07 Å². The highest BCUT2D eigenvalue weighted by Crippen LogP contribution is 2.32. The van der Waals surface area contributed by atoms with Gasteiger partial charge >= 0.3 is 0 Å². The van der Waals surface area contributed by atoms with Crippen molar-refractivity contribution in [2.24, 2.45) is 11.8 Å². The van der Waals surface area contributed by atoms with E-state index < -0.39 is 0 Å². The molecule has 126 valence electrons. The van der Waals surface area contributed by atoms with Gasteiger partial charge in [-0.2, -0.15) is 0 Å². The van der Waals surface area contributed by atoms with Crippen molar-refractivity contribution in [2.75, 3.05) is 19.6 Å². The van der Waals surface area contributed by atoms with E-state index in [0.29, 0.717) is 29.4 Å². The van der Waals surface area contributed by atoms with Gasteiger partial charge in [-0.3, -0.25) is 9.69 Å². The molecule has 5 heteroatoms. The van der Waals surface area contributed by atoms with Crippen LogP contribution in [0.15, 0.2) is 18.2 Å². The minimum atomic E-state index is 0.296. The molecule has 2 heterocycles. The fraction of sp³-hybridized carbons (Fsp3) is 0.667. The molecule has 4 nitrogen and oxygen atoms in total. The fourth-order valence-corrected chi connectivity index (χ4v) is 3.52. The molecule has 0 spiro atoms. The van der Waals surface area contributed by atoms with E-state index in [0.717, 1.165) is 37.8 Å². The largest absolute Gasteiger partial charge is 0.338 e. The molecular formula is C18H26ClN3O. The number of pyridine rings is 1. The lowest BCUT2D eigenvalue weighted by atomic mass is 10.0. The van der Waals surface area contributed by atoms with Crippen LogP contribution < -0.4 is 0 Å². The standard InChI is InChI=1S/C18H26ClN3O/c1-13(2)16-12-21(11-15-4-3-5-17(19)20-15)9-8-18(23)22(16)10-14-6-7-14/h3-5,13-14,16H,6-12H2,1-2H3/t16-/m0/s1. The van der Waals surface area contributed by atoms with Gasteiger partial charge in [0.25, 0.3) is 0 Å². The molecule has 1 aromatic heterocycles. The van der Waals surface area contributed by atoms with Crippen molar-refractivity contribution in [3.63, 3.8) is 0 Å². The fourth-order valence-electron chi connectivity index (χ4n) is 3.33. The van der Waals surface area contributed by atoms with E-state index in [2.05, 4.69) is 28.6 Å². The number of nitrogens with zero attached hydrogens (tertiary/aromatic N) is 3. The van der Waals surface area contributed by atoms with Gasteiger partial charge in [-0.1, -0.05) is 31.5 Å². The second kappa shape index (κ2) is 7.18. The predicted octanol–water partition coefficient (Wildman–Crippen LogP) is 3.20. The van der Waals surface area contributed by atoms with Gasteiger partial charge in [0.15, 0.2) is 0 Å². The average molecular weight is 336 g/mol. The Bertz CT molecular complexity index is 559. The van der Waals surface area contributed by atoms with Gasteiger partial charge in [0.1, 0.15) is 5.15 Å². The molecule has 0 radical (unpaired) electrons. The Balaban J connectivity index is 1.71. The molecule has 2 aliphatic rings. The van der Waals surface area contributed by atoms with E-state index in [-0.39, 0.29) is 0 Å². The highest BCUT2D eigenvalue weighted by atomic mass is 35.5. The number of hydrogen-bond donors (Lipinski definition) is 0. The smallest absolute Gasteiger partial charge is 0.224 e. The van der Waals surface area contributed by atoms with Crippen LogP contribution in [0.4, 0.5) is 0 Å². The second-order valence-corrected chi connectivity index (χ2v) is 7.62. The van der Waals surface area contributed by atoms with Crippen molar-refractivity contribution in [3.8, 4) is 0 Å². The first-order valence-corrected chi connectivity index (χ1v) is 9.04. The molecule has 0 aromatic carbocycles. The molecule has 2 fully saturated rings. The first-order valence-electron chi connectivity index (χ1n) is 8.66. The van der Waals surface area contributed by atoms with Gasteiger partial charge in [0.2, 0.25) is 5.91 Å². The molecule has 1 amide bonds. The summed E-state index contributed by atoms with van der Waals surface area (Å²) in [4.78, 5) is 21.5. The summed E-state index contributed by atoms with van der Waals surface area (Å²) >= 11 is 5.99. The second-order valence-electron chi connectivity index (χ2n) is 7.24. The van der Waals surface area contributed by atoms with Crippen LogP contribution in [0.25, 0.3) is 0 Å². The Labute approximate surface area is 143 Å². The van der Waals surface area contributed by atoms with Gasteiger partial charge in [-0.15, -0.1) is 0 Å². The summed E-state index contributed by atoms with van der Waals surface area (Å²) < 4.78 is 0. The highest BCUT2D eigenvalue weighted by Gasteiger charge is 2.35. The molecule has 1 aliphatic carbocycles. The van der Waals surface area contributed by atoms with E-state index in [1.807, 2.05) is 12.1 Å². The SMILES string of the molecule is CC(C)[C@@H]1CN(Cc2cccc(Cl)n2)CCC(=O)N1CC1CC1. The summed E-state index contributed by atoms with van der Waals surface area (Å²) in [5, 5.41) is 0.532. The Morgan fingerprint density at radius 2 is 2.13 bits per heavy atom. The first kappa shape index (κ1) is 16.7. The number of aromatic nitrogens is 1. The van der Waals surface area contributed by atoms with Crippen LogP contribution in [0.5, 0.6) is 0 Å². The Hall–Kier alpha value is -1.13. The third-order valence-corrected chi connectivity index (χ3v) is 5.10. The highest BCUT2D eigenvalue weighted by molar-refractivity contribution is 6.29. The summed E-state index contributed by atoms with van der Waals surface area (Å²) in [6.45, 7) is 7.87. The zero-order valence-corrected chi connectivity index (χ0v) is 14.8. The van der Waals surface area contributed by atoms with Crippen molar-refractivity contribution in [1.82, 2.24) is 14.8 Å². The summed E-state index contributed by atoms with van der Waals surface area (Å²) in [6.07, 6.45) is 3.17. The topological polar surface area (TPSA) is 36.4 Å². The molecule has 1 aliphatic heterocycles. The van der Waals surface area contributed by atoms with Crippen molar-refractivity contribution in [3.05, 3.63) is 29.0 Å². The number of carbonyl (C=O) groups is 1. The molecular weight excluding hydrogens is 310 g/mol. The maximum atomic E-state index is 12.6. The molecule has 0 bridgehead atoms. The van der Waals surface area contributed by atoms with Gasteiger partial charge < -0.3 is 4.90 Å². The maximum Gasteiger partial charge on any atom is 0.224 e. The van der Waals surface area contributed by atoms with Crippen LogP contribution in [0.1, 0.15) is 38.8 Å². The summed E-state index contributed by atoms with van der Waals surface area (Å²) in [7, 11) is 0. The predicted molar refractivity (Wildman–Crippen MR) is 92.2 cm³/mol. The summed E-state index contributed by atoms with van der Waals surface area (Å²) in [5.41, 5.74) is 0.975. The van der Waals surface area contributed by atoms with Crippen LogP contribution in [-0.2, 0) is 11.3 Å². The van der Waals surface area contributed by atoms with Crippen molar-refractivity contribution in [1.29, 1.82) is 0 Å². The molecule has 23 heavy (non-hydrogen) atoms. The lowest BCUT2D eigenvalue weighted by molar-refractivity contribution is -0.133. The lowest BCUT2D eigenvalue weighted by Crippen LogP contribution is -2.47. The Morgan fingerprint density at radius 3 is 2.78 bits per heavy atom. The molecule has 3 rings (SSSR count). The van der Waals surface area contributed by atoms with Crippen molar-refractivity contribution in [2.45, 2.75) is 45.7 Å². The van der Waals surface area contributed by atoms with E-state index in [9.17, 15) is 4.79 Å². The molecule has 1 atom stereocenters. The lowest BCUT2D eigenvalue weighted by Gasteiger charge is -2.34. The number of carbonyl (C=O) groups excluding carboxylic acids is 1. The van der Waals surface area contributed by atoms with Gasteiger partial charge in [0.05, 0.1) is 5.69 Å². The van der Waals surface area contributed by atoms with Gasteiger partial charge in [-0.25, -0.2) is 4.98 Å². The molecule has 1 aromatic rings. The Kier molecular flexibility index (Phi) is 5.22. The number of halogens is 1. The number of rotatable bonds is 5. The van der Waals surface area contributed by atoms with E-state index >= 15 is 0 Å². The van der Waals surface area contributed by atoms with E-state index in [4.69, 9.17) is 11.6 Å². The summed E-state index contributed by atoms with van der Waals surface area (Å²) in [5.74, 6) is 1.52. The third-order valence-electron chi connectivity index (χ3n) is 4.89. The van der Waals surface area contributed by atoms with Crippen LogP contribution in [0.2, 0.25) is 5.15 Å². The quantitative estimate of drug-likeness (QED) is 0.775. The molecule has 1 saturated heterocycles.